The van der Waals surface area contributed by atoms with Crippen molar-refractivity contribution in [1.29, 1.82) is 0 Å². The first-order valence-electron chi connectivity index (χ1n) is 4.47. The summed E-state index contributed by atoms with van der Waals surface area (Å²) in [5, 5.41) is 0. The molecule has 76 valence electrons. The van der Waals surface area contributed by atoms with E-state index in [-0.39, 0.29) is 5.97 Å². The lowest BCUT2D eigenvalue weighted by Crippen LogP contribution is -2.29. The number of hydrogen-bond acceptors (Lipinski definition) is 3. The minimum Gasteiger partial charge on any atom is -0.426 e. The molecule has 1 aliphatic heterocycles. The van der Waals surface area contributed by atoms with E-state index >= 15 is 0 Å². The average molecular weight is 194 g/mol. The Morgan fingerprint density at radius 2 is 2.36 bits per heavy atom. The third kappa shape index (κ3) is 2.57. The van der Waals surface area contributed by atoms with Crippen LogP contribution in [-0.4, -0.2) is 18.9 Å². The van der Waals surface area contributed by atoms with Crippen LogP contribution >= 0.6 is 0 Å². The summed E-state index contributed by atoms with van der Waals surface area (Å²) in [5.41, 5.74) is 0. The molecule has 3 nitrogen and oxygen atoms in total. The quantitative estimate of drug-likeness (QED) is 0.507. The van der Waals surface area contributed by atoms with Gasteiger partial charge < -0.3 is 9.47 Å². The summed E-state index contributed by atoms with van der Waals surface area (Å²) in [6.07, 6.45) is 11.2. The average Bonchev–Trinajstić information content (AvgIpc) is 2.56. The molecule has 0 aromatic carbocycles. The molecule has 0 bridgehead atoms. The lowest BCUT2D eigenvalue weighted by atomic mass is 10.2. The Hall–Kier alpha value is -1.35. The normalized spacial score (nSPS) is 26.6. The van der Waals surface area contributed by atoms with Crippen LogP contribution in [0.4, 0.5) is 0 Å². The lowest BCUT2D eigenvalue weighted by Gasteiger charge is -2.22. The van der Waals surface area contributed by atoms with E-state index in [1.165, 1.54) is 13.2 Å². The molecule has 0 aliphatic carbocycles. The number of methoxy groups -OCH3 is 1. The molecule has 1 rings (SSSR count). The van der Waals surface area contributed by atoms with Gasteiger partial charge in [0.2, 0.25) is 5.79 Å². The highest BCUT2D eigenvalue weighted by Crippen LogP contribution is 2.25. The van der Waals surface area contributed by atoms with Gasteiger partial charge in [-0.2, -0.15) is 0 Å². The van der Waals surface area contributed by atoms with Crippen LogP contribution in [0.25, 0.3) is 0 Å². The minimum atomic E-state index is -0.894. The molecule has 0 fully saturated rings. The van der Waals surface area contributed by atoms with Crippen molar-refractivity contribution >= 4 is 5.97 Å². The molecule has 1 unspecified atom stereocenters. The second-order valence-corrected chi connectivity index (χ2v) is 2.93. The highest BCUT2D eigenvalue weighted by molar-refractivity contribution is 5.84. The maximum Gasteiger partial charge on any atom is 0.333 e. The number of rotatable bonds is 4. The van der Waals surface area contributed by atoms with Gasteiger partial charge in [0.05, 0.1) is 0 Å². The molecule has 0 radical (unpaired) electrons. The largest absolute Gasteiger partial charge is 0.426 e. The van der Waals surface area contributed by atoms with E-state index in [0.29, 0.717) is 6.42 Å². The van der Waals surface area contributed by atoms with Crippen molar-refractivity contribution in [3.63, 3.8) is 0 Å². The molecular formula is C11H14O3. The number of cyclic esters (lactones) is 1. The Labute approximate surface area is 83.7 Å². The Morgan fingerprint density at radius 3 is 2.86 bits per heavy atom. The predicted octanol–water partition coefficient (Wildman–Crippen LogP) is 1.96. The summed E-state index contributed by atoms with van der Waals surface area (Å²) >= 11 is 0. The van der Waals surface area contributed by atoms with E-state index in [1.807, 2.05) is 31.2 Å². The van der Waals surface area contributed by atoms with Crippen LogP contribution in [-0.2, 0) is 14.3 Å². The van der Waals surface area contributed by atoms with Gasteiger partial charge in [0.1, 0.15) is 0 Å². The van der Waals surface area contributed by atoms with Crippen LogP contribution in [0.3, 0.4) is 0 Å². The topological polar surface area (TPSA) is 35.5 Å². The molecule has 14 heavy (non-hydrogen) atoms. The van der Waals surface area contributed by atoms with Crippen LogP contribution in [0, 0.1) is 0 Å². The highest BCUT2D eigenvalue weighted by Gasteiger charge is 2.34. The zero-order valence-electron chi connectivity index (χ0n) is 8.40. The molecule has 0 amide bonds. The fourth-order valence-corrected chi connectivity index (χ4v) is 1.16. The van der Waals surface area contributed by atoms with Crippen LogP contribution in [0.5, 0.6) is 0 Å². The first kappa shape index (κ1) is 10.7. The maximum atomic E-state index is 10.9. The first-order valence-corrected chi connectivity index (χ1v) is 4.47. The van der Waals surface area contributed by atoms with Crippen molar-refractivity contribution in [2.24, 2.45) is 0 Å². The van der Waals surface area contributed by atoms with Crippen molar-refractivity contribution in [2.45, 2.75) is 19.1 Å². The van der Waals surface area contributed by atoms with Gasteiger partial charge in [-0.15, -0.1) is 0 Å². The highest BCUT2D eigenvalue weighted by atomic mass is 16.7. The zero-order chi connectivity index (χ0) is 10.4. The van der Waals surface area contributed by atoms with Crippen molar-refractivity contribution in [3.8, 4) is 0 Å². The summed E-state index contributed by atoms with van der Waals surface area (Å²) in [7, 11) is 1.52. The van der Waals surface area contributed by atoms with Gasteiger partial charge in [-0.3, -0.25) is 0 Å². The van der Waals surface area contributed by atoms with Gasteiger partial charge in [-0.25, -0.2) is 4.79 Å². The third-order valence-electron chi connectivity index (χ3n) is 1.93. The van der Waals surface area contributed by atoms with Crippen LogP contribution in [0.1, 0.15) is 13.3 Å². The molecule has 1 aliphatic rings. The molecule has 0 aromatic heterocycles. The first-order chi connectivity index (χ1) is 6.72. The summed E-state index contributed by atoms with van der Waals surface area (Å²) < 4.78 is 10.2. The smallest absolute Gasteiger partial charge is 0.333 e. The van der Waals surface area contributed by atoms with Crippen molar-refractivity contribution in [2.75, 3.05) is 7.11 Å². The van der Waals surface area contributed by atoms with Crippen molar-refractivity contribution in [3.05, 3.63) is 36.5 Å². The van der Waals surface area contributed by atoms with Gasteiger partial charge in [-0.1, -0.05) is 24.3 Å². The molecule has 0 saturated heterocycles. The summed E-state index contributed by atoms with van der Waals surface area (Å²) in [6.45, 7) is 1.94. The lowest BCUT2D eigenvalue weighted by molar-refractivity contribution is -0.186. The van der Waals surface area contributed by atoms with Crippen LogP contribution in [0.15, 0.2) is 36.5 Å². The number of allylic oxidation sites excluding steroid dienone is 3. The number of carbonyl (C=O) groups is 1. The van der Waals surface area contributed by atoms with E-state index in [9.17, 15) is 4.79 Å². The van der Waals surface area contributed by atoms with E-state index in [0.717, 1.165) is 0 Å². The Morgan fingerprint density at radius 1 is 1.57 bits per heavy atom. The predicted molar refractivity (Wildman–Crippen MR) is 53.5 cm³/mol. The Bertz CT molecular complexity index is 289. The van der Waals surface area contributed by atoms with Gasteiger partial charge >= 0.3 is 5.97 Å². The molecule has 0 spiro atoms. The second kappa shape index (κ2) is 4.77. The Balaban J connectivity index is 2.55. The van der Waals surface area contributed by atoms with Crippen molar-refractivity contribution in [1.82, 2.24) is 0 Å². The minimum absolute atomic E-state index is 0.355. The monoisotopic (exact) mass is 194 g/mol. The third-order valence-corrected chi connectivity index (χ3v) is 1.93. The summed E-state index contributed by atoms with van der Waals surface area (Å²) in [5.74, 6) is -1.25. The number of esters is 1. The van der Waals surface area contributed by atoms with Crippen molar-refractivity contribution < 1.29 is 14.3 Å². The number of carbonyl (C=O) groups excluding carboxylic acids is 1. The Kier molecular flexibility index (Phi) is 3.65. The fraction of sp³-hybridized carbons (Fsp3) is 0.364. The SMILES string of the molecule is C/C=C/C=C/CC1(OC)C=CC(=O)O1. The van der Waals surface area contributed by atoms with E-state index < -0.39 is 5.79 Å². The molecule has 1 heterocycles. The van der Waals surface area contributed by atoms with E-state index in [1.54, 1.807) is 6.08 Å². The standard InChI is InChI=1S/C11H14O3/c1-3-4-5-6-8-11(13-2)9-7-10(12)14-11/h3-7,9H,8H2,1-2H3/b4-3+,6-5+. The summed E-state index contributed by atoms with van der Waals surface area (Å²) in [4.78, 5) is 10.9. The van der Waals surface area contributed by atoms with Crippen LogP contribution < -0.4 is 0 Å². The van der Waals surface area contributed by atoms with E-state index in [2.05, 4.69) is 0 Å². The van der Waals surface area contributed by atoms with Gasteiger partial charge in [0.25, 0.3) is 0 Å². The van der Waals surface area contributed by atoms with Gasteiger partial charge in [-0.05, 0) is 13.0 Å². The van der Waals surface area contributed by atoms with E-state index in [4.69, 9.17) is 9.47 Å². The fourth-order valence-electron chi connectivity index (χ4n) is 1.16. The molecule has 3 heteroatoms. The second-order valence-electron chi connectivity index (χ2n) is 2.93. The van der Waals surface area contributed by atoms with Gasteiger partial charge in [0, 0.05) is 19.6 Å². The molecule has 0 saturated carbocycles. The van der Waals surface area contributed by atoms with Gasteiger partial charge in [0.15, 0.2) is 0 Å². The van der Waals surface area contributed by atoms with Crippen LogP contribution in [0.2, 0.25) is 0 Å². The molecular weight excluding hydrogens is 180 g/mol. The zero-order valence-corrected chi connectivity index (χ0v) is 8.40. The molecule has 1 atom stereocenters. The summed E-state index contributed by atoms with van der Waals surface area (Å²) in [6, 6.07) is 0. The number of hydrogen-bond donors (Lipinski definition) is 0. The molecule has 0 N–H and O–H groups in total. The maximum absolute atomic E-state index is 10.9. The molecule has 0 aromatic rings. The number of ether oxygens (including phenoxy) is 2.